The molecule has 0 unspecified atom stereocenters. The quantitative estimate of drug-likeness (QED) is 0.418. The van der Waals surface area contributed by atoms with Gasteiger partial charge in [0.25, 0.3) is 0 Å². The van der Waals surface area contributed by atoms with E-state index >= 15 is 0 Å². The third kappa shape index (κ3) is 3.97. The minimum Gasteiger partial charge on any atom is -0.294 e. The van der Waals surface area contributed by atoms with Crippen molar-refractivity contribution in [3.05, 3.63) is 0 Å². The molecule has 9 heavy (non-hydrogen) atoms. The molecule has 3 nitrogen and oxygen atoms in total. The maximum absolute atomic E-state index is 9.77. The monoisotopic (exact) mass is 130 g/mol. The van der Waals surface area contributed by atoms with Gasteiger partial charge in [-0.15, -0.1) is 0 Å². The highest BCUT2D eigenvalue weighted by atomic mass is 16.1. The van der Waals surface area contributed by atoms with E-state index in [-0.39, 0.29) is 0 Å². The van der Waals surface area contributed by atoms with Gasteiger partial charge in [0.1, 0.15) is 0 Å². The van der Waals surface area contributed by atoms with Crippen LogP contribution in [0.25, 0.3) is 0 Å². The van der Waals surface area contributed by atoms with Crippen LogP contribution >= 0.6 is 0 Å². The molecule has 0 bridgehead atoms. The lowest BCUT2D eigenvalue weighted by Gasteiger charge is -2.11. The Kier molecular flexibility index (Phi) is 5.21. The summed E-state index contributed by atoms with van der Waals surface area (Å²) in [7, 11) is 0. The number of rotatable bonds is 5. The molecule has 0 radical (unpaired) electrons. The van der Waals surface area contributed by atoms with Crippen molar-refractivity contribution in [1.82, 2.24) is 10.9 Å². The van der Waals surface area contributed by atoms with Crippen molar-refractivity contribution in [2.75, 3.05) is 0 Å². The second-order valence-electron chi connectivity index (χ2n) is 1.92. The van der Waals surface area contributed by atoms with E-state index in [1.165, 1.54) is 0 Å². The average Bonchev–Trinajstić information content (AvgIpc) is 1.91. The summed E-state index contributed by atoms with van der Waals surface area (Å²) in [6, 6.07) is 0.412. The molecule has 0 fully saturated rings. The van der Waals surface area contributed by atoms with Gasteiger partial charge in [0.2, 0.25) is 6.41 Å². The molecule has 0 aliphatic heterocycles. The second-order valence-corrected chi connectivity index (χ2v) is 1.92. The topological polar surface area (TPSA) is 41.1 Å². The molecule has 0 heterocycles. The fraction of sp³-hybridized carbons (Fsp3) is 0.833. The van der Waals surface area contributed by atoms with Crippen LogP contribution < -0.4 is 10.9 Å². The Labute approximate surface area is 55.8 Å². The Morgan fingerprint density at radius 2 is 2.00 bits per heavy atom. The van der Waals surface area contributed by atoms with Crippen LogP contribution in [-0.2, 0) is 4.79 Å². The smallest absolute Gasteiger partial charge is 0.221 e. The van der Waals surface area contributed by atoms with Gasteiger partial charge in [-0.3, -0.25) is 10.2 Å². The van der Waals surface area contributed by atoms with E-state index in [2.05, 4.69) is 24.7 Å². The zero-order valence-corrected chi connectivity index (χ0v) is 5.98. The first-order chi connectivity index (χ1) is 4.35. The van der Waals surface area contributed by atoms with Gasteiger partial charge in [-0.05, 0) is 12.8 Å². The molecule has 0 spiro atoms. The Hall–Kier alpha value is -0.570. The minimum atomic E-state index is 0.412. The third-order valence-corrected chi connectivity index (χ3v) is 1.33. The molecule has 0 aliphatic rings. The van der Waals surface area contributed by atoms with Gasteiger partial charge in [-0.1, -0.05) is 13.8 Å². The Bertz CT molecular complexity index is 71.5. The van der Waals surface area contributed by atoms with Crippen LogP contribution in [0, 0.1) is 0 Å². The van der Waals surface area contributed by atoms with Gasteiger partial charge in [-0.25, -0.2) is 5.43 Å². The maximum Gasteiger partial charge on any atom is 0.221 e. The van der Waals surface area contributed by atoms with Crippen LogP contribution in [0.4, 0.5) is 0 Å². The molecule has 0 aliphatic carbocycles. The molecule has 54 valence electrons. The molecule has 0 aromatic carbocycles. The normalized spacial score (nSPS) is 9.67. The summed E-state index contributed by atoms with van der Waals surface area (Å²) in [4.78, 5) is 9.77. The van der Waals surface area contributed by atoms with Crippen molar-refractivity contribution in [2.45, 2.75) is 32.7 Å². The van der Waals surface area contributed by atoms with E-state index in [4.69, 9.17) is 0 Å². The first-order valence-corrected chi connectivity index (χ1v) is 3.29. The zero-order valence-electron chi connectivity index (χ0n) is 5.98. The second kappa shape index (κ2) is 5.56. The first kappa shape index (κ1) is 8.43. The van der Waals surface area contributed by atoms with E-state index in [0.717, 1.165) is 12.8 Å². The van der Waals surface area contributed by atoms with Crippen molar-refractivity contribution >= 4 is 6.41 Å². The largest absolute Gasteiger partial charge is 0.294 e. The van der Waals surface area contributed by atoms with Crippen molar-refractivity contribution in [3.63, 3.8) is 0 Å². The molecule has 0 aromatic rings. The van der Waals surface area contributed by atoms with Crippen molar-refractivity contribution in [1.29, 1.82) is 0 Å². The molecule has 0 saturated carbocycles. The van der Waals surface area contributed by atoms with E-state index in [1.54, 1.807) is 0 Å². The van der Waals surface area contributed by atoms with Crippen LogP contribution in [0.15, 0.2) is 0 Å². The molecule has 3 heteroatoms. The lowest BCUT2D eigenvalue weighted by Crippen LogP contribution is -2.39. The number of hydrogen-bond donors (Lipinski definition) is 2. The molecule has 0 atom stereocenters. The van der Waals surface area contributed by atoms with Crippen LogP contribution in [0.1, 0.15) is 26.7 Å². The highest BCUT2D eigenvalue weighted by Gasteiger charge is 1.98. The van der Waals surface area contributed by atoms with Gasteiger partial charge >= 0.3 is 0 Å². The van der Waals surface area contributed by atoms with Crippen LogP contribution in [0.2, 0.25) is 0 Å². The van der Waals surface area contributed by atoms with Crippen LogP contribution in [-0.4, -0.2) is 12.5 Å². The number of hydrogen-bond acceptors (Lipinski definition) is 2. The van der Waals surface area contributed by atoms with Gasteiger partial charge in [0.15, 0.2) is 0 Å². The first-order valence-electron chi connectivity index (χ1n) is 3.29. The number of hydrazine groups is 1. The van der Waals surface area contributed by atoms with E-state index in [1.807, 2.05) is 0 Å². The average molecular weight is 130 g/mol. The molecule has 0 saturated heterocycles. The van der Waals surface area contributed by atoms with Gasteiger partial charge in [0.05, 0.1) is 0 Å². The number of nitrogens with one attached hydrogen (secondary N) is 2. The van der Waals surface area contributed by atoms with Crippen LogP contribution in [0.5, 0.6) is 0 Å². The SMILES string of the molecule is CCC(CC)NNC=O. The van der Waals surface area contributed by atoms with Gasteiger partial charge in [0, 0.05) is 6.04 Å². The lowest BCUT2D eigenvalue weighted by molar-refractivity contribution is -0.110. The van der Waals surface area contributed by atoms with E-state index < -0.39 is 0 Å². The van der Waals surface area contributed by atoms with E-state index in [0.29, 0.717) is 12.5 Å². The summed E-state index contributed by atoms with van der Waals surface area (Å²) in [5.74, 6) is 0. The highest BCUT2D eigenvalue weighted by Crippen LogP contribution is 1.92. The maximum atomic E-state index is 9.77. The van der Waals surface area contributed by atoms with Crippen molar-refractivity contribution in [2.24, 2.45) is 0 Å². The summed E-state index contributed by atoms with van der Waals surface area (Å²) in [5.41, 5.74) is 5.27. The third-order valence-electron chi connectivity index (χ3n) is 1.33. The van der Waals surface area contributed by atoms with Crippen molar-refractivity contribution < 1.29 is 4.79 Å². The number of carbonyl (C=O) groups excluding carboxylic acids is 1. The minimum absolute atomic E-state index is 0.412. The summed E-state index contributed by atoms with van der Waals surface area (Å²) in [6.45, 7) is 4.15. The van der Waals surface area contributed by atoms with Gasteiger partial charge < -0.3 is 0 Å². The fourth-order valence-corrected chi connectivity index (χ4v) is 0.645. The molecule has 0 aromatic heterocycles. The summed E-state index contributed by atoms with van der Waals surface area (Å²) < 4.78 is 0. The summed E-state index contributed by atoms with van der Waals surface area (Å²) in [6.07, 6.45) is 2.73. The molecule has 0 rings (SSSR count). The molecular formula is C6H14N2O. The Morgan fingerprint density at radius 1 is 1.44 bits per heavy atom. The standard InChI is InChI=1S/C6H14N2O/c1-3-6(4-2)8-7-5-9/h5-6,8H,3-4H2,1-2H3,(H,7,9). The molecular weight excluding hydrogens is 116 g/mol. The summed E-state index contributed by atoms with van der Waals surface area (Å²) in [5, 5.41) is 0. The number of amides is 1. The van der Waals surface area contributed by atoms with Gasteiger partial charge in [-0.2, -0.15) is 0 Å². The number of carbonyl (C=O) groups is 1. The Balaban J connectivity index is 3.19. The van der Waals surface area contributed by atoms with Crippen molar-refractivity contribution in [3.8, 4) is 0 Å². The highest BCUT2D eigenvalue weighted by molar-refractivity contribution is 5.44. The van der Waals surface area contributed by atoms with E-state index in [9.17, 15) is 4.79 Å². The zero-order chi connectivity index (χ0) is 7.11. The lowest BCUT2D eigenvalue weighted by atomic mass is 10.2. The summed E-state index contributed by atoms with van der Waals surface area (Å²) >= 11 is 0. The molecule has 2 N–H and O–H groups in total. The van der Waals surface area contributed by atoms with Crippen LogP contribution in [0.3, 0.4) is 0 Å². The molecule has 1 amide bonds. The predicted octanol–water partition coefficient (Wildman–Crippen LogP) is 0.426. The fourth-order valence-electron chi connectivity index (χ4n) is 0.645. The predicted molar refractivity (Wildman–Crippen MR) is 36.7 cm³/mol. The Morgan fingerprint density at radius 3 is 2.33 bits per heavy atom.